The summed E-state index contributed by atoms with van der Waals surface area (Å²) in [4.78, 5) is 12.6. The van der Waals surface area contributed by atoms with Crippen LogP contribution in [0.3, 0.4) is 0 Å². The second-order valence-electron chi connectivity index (χ2n) is 5.34. The predicted octanol–water partition coefficient (Wildman–Crippen LogP) is 5.12. The molecule has 1 aromatic heterocycles. The van der Waals surface area contributed by atoms with Gasteiger partial charge in [-0.15, -0.1) is 0 Å². The van der Waals surface area contributed by atoms with E-state index in [-0.39, 0.29) is 22.0 Å². The first-order chi connectivity index (χ1) is 10.9. The molecule has 2 nitrogen and oxygen atoms in total. The minimum absolute atomic E-state index is 0.0624. The molecule has 1 heterocycles. The lowest BCUT2D eigenvalue weighted by molar-refractivity contribution is -0.137. The molecule has 0 unspecified atom stereocenters. The molecule has 0 saturated heterocycles. The van der Waals surface area contributed by atoms with E-state index in [1.165, 1.54) is 6.07 Å². The molecule has 0 fully saturated rings. The highest BCUT2D eigenvalue weighted by atomic mass is 19.4. The fourth-order valence-electron chi connectivity index (χ4n) is 2.72. The van der Waals surface area contributed by atoms with Gasteiger partial charge in [-0.25, -0.2) is 0 Å². The first-order valence-corrected chi connectivity index (χ1v) is 6.90. The highest BCUT2D eigenvalue weighted by Crippen LogP contribution is 2.32. The normalized spacial score (nSPS) is 12.3. The van der Waals surface area contributed by atoms with Gasteiger partial charge in [-0.2, -0.15) is 13.2 Å². The maximum Gasteiger partial charge on any atom is 0.416 e. The van der Waals surface area contributed by atoms with E-state index in [1.807, 2.05) is 24.3 Å². The molecule has 23 heavy (non-hydrogen) atoms. The smallest absolute Gasteiger partial charge is 0.416 e. The predicted molar refractivity (Wildman–Crippen MR) is 82.5 cm³/mol. The van der Waals surface area contributed by atoms with Crippen molar-refractivity contribution >= 4 is 32.7 Å². The van der Waals surface area contributed by atoms with E-state index < -0.39 is 11.7 Å². The second kappa shape index (κ2) is 4.59. The molecule has 0 saturated carbocycles. The van der Waals surface area contributed by atoms with Gasteiger partial charge >= 0.3 is 6.18 Å². The van der Waals surface area contributed by atoms with Crippen molar-refractivity contribution in [2.75, 3.05) is 0 Å². The highest BCUT2D eigenvalue weighted by Gasteiger charge is 2.31. The van der Waals surface area contributed by atoms with Crippen LogP contribution in [-0.2, 0) is 6.18 Å². The molecule has 114 valence electrons. The number of rotatable bonds is 0. The second-order valence-corrected chi connectivity index (χ2v) is 5.34. The van der Waals surface area contributed by atoms with E-state index in [4.69, 9.17) is 4.42 Å². The van der Waals surface area contributed by atoms with Gasteiger partial charge in [0.1, 0.15) is 11.2 Å². The average molecular weight is 314 g/mol. The summed E-state index contributed by atoms with van der Waals surface area (Å²) in [6, 6.07) is 13.7. The van der Waals surface area contributed by atoms with E-state index in [9.17, 15) is 18.0 Å². The van der Waals surface area contributed by atoms with E-state index in [0.29, 0.717) is 5.39 Å². The Balaban J connectivity index is 2.12. The molecule has 0 radical (unpaired) electrons. The van der Waals surface area contributed by atoms with Crippen molar-refractivity contribution in [1.82, 2.24) is 0 Å². The third kappa shape index (κ3) is 2.16. The van der Waals surface area contributed by atoms with Crippen molar-refractivity contribution in [3.8, 4) is 0 Å². The van der Waals surface area contributed by atoms with Gasteiger partial charge in [0, 0.05) is 0 Å². The lowest BCUT2D eigenvalue weighted by Gasteiger charge is -2.08. The van der Waals surface area contributed by atoms with Gasteiger partial charge in [0.05, 0.1) is 16.3 Å². The molecule has 0 aliphatic carbocycles. The van der Waals surface area contributed by atoms with Crippen LogP contribution >= 0.6 is 0 Å². The lowest BCUT2D eigenvalue weighted by atomic mass is 10.1. The zero-order valence-corrected chi connectivity index (χ0v) is 11.6. The first-order valence-electron chi connectivity index (χ1n) is 6.90. The summed E-state index contributed by atoms with van der Waals surface area (Å²) >= 11 is 0. The van der Waals surface area contributed by atoms with Crippen LogP contribution in [0, 0.1) is 0 Å². The Morgan fingerprint density at radius 1 is 0.783 bits per heavy atom. The van der Waals surface area contributed by atoms with Crippen LogP contribution in [0.15, 0.2) is 63.8 Å². The van der Waals surface area contributed by atoms with E-state index in [1.54, 1.807) is 12.1 Å². The van der Waals surface area contributed by atoms with Crippen LogP contribution in [0.5, 0.6) is 0 Å². The van der Waals surface area contributed by atoms with Gasteiger partial charge < -0.3 is 4.42 Å². The molecule has 0 spiro atoms. The van der Waals surface area contributed by atoms with Crippen LogP contribution in [0.4, 0.5) is 13.2 Å². The molecule has 5 heteroatoms. The molecule has 4 rings (SSSR count). The Morgan fingerprint density at radius 2 is 1.43 bits per heavy atom. The minimum atomic E-state index is -4.48. The molecule has 0 N–H and O–H groups in total. The third-order valence-corrected chi connectivity index (χ3v) is 3.87. The molecule has 0 amide bonds. The van der Waals surface area contributed by atoms with Crippen LogP contribution in [0.2, 0.25) is 0 Å². The Morgan fingerprint density at radius 3 is 2.13 bits per heavy atom. The summed E-state index contributed by atoms with van der Waals surface area (Å²) in [5.41, 5.74) is -0.956. The number of hydrogen-bond acceptors (Lipinski definition) is 2. The lowest BCUT2D eigenvalue weighted by Crippen LogP contribution is -2.07. The average Bonchev–Trinajstić information content (AvgIpc) is 2.52. The Labute approximate surface area is 127 Å². The Hall–Kier alpha value is -2.82. The quantitative estimate of drug-likeness (QED) is 0.422. The zero-order chi connectivity index (χ0) is 16.2. The van der Waals surface area contributed by atoms with Crippen molar-refractivity contribution in [2.24, 2.45) is 0 Å². The minimum Gasteiger partial charge on any atom is -0.456 e. The van der Waals surface area contributed by atoms with E-state index >= 15 is 0 Å². The molecule has 0 aliphatic rings. The number of alkyl halides is 3. The largest absolute Gasteiger partial charge is 0.456 e. The molecular formula is C18H9F3O2. The zero-order valence-electron chi connectivity index (χ0n) is 11.6. The van der Waals surface area contributed by atoms with Crippen molar-refractivity contribution in [1.29, 1.82) is 0 Å². The summed E-state index contributed by atoms with van der Waals surface area (Å²) in [6.45, 7) is 0. The summed E-state index contributed by atoms with van der Waals surface area (Å²) in [6.07, 6.45) is -4.48. The number of fused-ring (bicyclic) bond motifs is 3. The molecule has 0 atom stereocenters. The highest BCUT2D eigenvalue weighted by molar-refractivity contribution is 5.99. The van der Waals surface area contributed by atoms with Crippen molar-refractivity contribution in [3.63, 3.8) is 0 Å². The Bertz CT molecular complexity index is 1120. The van der Waals surface area contributed by atoms with Gasteiger partial charge in [-0.1, -0.05) is 24.3 Å². The first kappa shape index (κ1) is 13.8. The summed E-state index contributed by atoms with van der Waals surface area (Å²) in [5, 5.41) is 2.23. The maximum absolute atomic E-state index is 12.8. The molecule has 4 aromatic rings. The monoisotopic (exact) mass is 314 g/mol. The van der Waals surface area contributed by atoms with Crippen molar-refractivity contribution in [2.45, 2.75) is 6.18 Å². The fraction of sp³-hybridized carbons (Fsp3) is 0.0556. The molecule has 3 aromatic carbocycles. The van der Waals surface area contributed by atoms with Crippen LogP contribution in [0.1, 0.15) is 5.56 Å². The summed E-state index contributed by atoms with van der Waals surface area (Å²) in [7, 11) is 0. The molecule has 0 bridgehead atoms. The third-order valence-electron chi connectivity index (χ3n) is 3.87. The van der Waals surface area contributed by atoms with Gasteiger partial charge in [0.25, 0.3) is 0 Å². The topological polar surface area (TPSA) is 30.2 Å². The molecule has 0 aliphatic heterocycles. The van der Waals surface area contributed by atoms with Crippen LogP contribution < -0.4 is 5.43 Å². The molecular weight excluding hydrogens is 305 g/mol. The van der Waals surface area contributed by atoms with Crippen LogP contribution in [0.25, 0.3) is 32.7 Å². The van der Waals surface area contributed by atoms with E-state index in [2.05, 4.69) is 0 Å². The van der Waals surface area contributed by atoms with Gasteiger partial charge in [0.15, 0.2) is 0 Å². The van der Waals surface area contributed by atoms with Crippen LogP contribution in [-0.4, -0.2) is 0 Å². The van der Waals surface area contributed by atoms with Gasteiger partial charge in [-0.3, -0.25) is 4.79 Å². The fourth-order valence-corrected chi connectivity index (χ4v) is 2.72. The maximum atomic E-state index is 12.8. The summed E-state index contributed by atoms with van der Waals surface area (Å²) < 4.78 is 44.0. The number of halogens is 3. The summed E-state index contributed by atoms with van der Waals surface area (Å²) in [5.74, 6) is 0. The van der Waals surface area contributed by atoms with Gasteiger partial charge in [0.2, 0.25) is 5.43 Å². The standard InChI is InChI=1S/C18H9F3O2/c19-18(20,21)12-5-6-13-16(9-12)23-15-8-11-4-2-1-3-10(11)7-14(15)17(13)22/h1-9H. The van der Waals surface area contributed by atoms with E-state index in [0.717, 1.165) is 22.9 Å². The number of hydrogen-bond donors (Lipinski definition) is 0. The number of benzene rings is 3. The van der Waals surface area contributed by atoms with Crippen molar-refractivity contribution in [3.05, 3.63) is 70.4 Å². The van der Waals surface area contributed by atoms with Crippen molar-refractivity contribution < 1.29 is 17.6 Å². The Kier molecular flexibility index (Phi) is 2.75. The van der Waals surface area contributed by atoms with Gasteiger partial charge in [-0.05, 0) is 41.1 Å². The SMILES string of the molecule is O=c1c2ccc(C(F)(F)F)cc2oc2cc3ccccc3cc12.